The maximum absolute atomic E-state index is 11.3. The molecule has 0 aliphatic carbocycles. The van der Waals surface area contributed by atoms with Crippen molar-refractivity contribution >= 4 is 17.7 Å². The zero-order valence-electron chi connectivity index (χ0n) is 9.64. The van der Waals surface area contributed by atoms with Crippen LogP contribution in [0.15, 0.2) is 5.16 Å². The van der Waals surface area contributed by atoms with Crippen LogP contribution in [0.2, 0.25) is 0 Å². The van der Waals surface area contributed by atoms with E-state index in [1.165, 1.54) is 11.8 Å². The number of nitrogens with zero attached hydrogens (tertiary/aromatic N) is 3. The van der Waals surface area contributed by atoms with Crippen LogP contribution in [0.5, 0.6) is 0 Å². The van der Waals surface area contributed by atoms with E-state index in [-0.39, 0.29) is 17.8 Å². The maximum atomic E-state index is 11.3. The molecule has 0 unspecified atom stereocenters. The van der Waals surface area contributed by atoms with Crippen molar-refractivity contribution in [3.05, 3.63) is 5.82 Å². The van der Waals surface area contributed by atoms with E-state index in [2.05, 4.69) is 10.2 Å². The van der Waals surface area contributed by atoms with E-state index >= 15 is 0 Å². The molecule has 0 saturated carbocycles. The third-order valence-electron chi connectivity index (χ3n) is 1.79. The molecule has 7 heteroatoms. The molecule has 0 bridgehead atoms. The Morgan fingerprint density at radius 2 is 2.25 bits per heavy atom. The summed E-state index contributed by atoms with van der Waals surface area (Å²) < 4.78 is 6.77. The van der Waals surface area contributed by atoms with Crippen molar-refractivity contribution in [2.45, 2.75) is 31.7 Å². The van der Waals surface area contributed by atoms with Crippen LogP contribution < -0.4 is 5.73 Å². The molecule has 1 aromatic heterocycles. The molecule has 1 rings (SSSR count). The SMILES string of the molecule is CC(C)OC(=O)CSc1nnc(CN)n1C. The van der Waals surface area contributed by atoms with Crippen LogP contribution in [0, 0.1) is 0 Å². The summed E-state index contributed by atoms with van der Waals surface area (Å²) in [5.41, 5.74) is 5.46. The molecular formula is C9H16N4O2S. The molecule has 0 aliphatic rings. The number of aromatic nitrogens is 3. The Hall–Kier alpha value is -1.08. The molecule has 0 radical (unpaired) electrons. The lowest BCUT2D eigenvalue weighted by Crippen LogP contribution is -2.13. The molecule has 0 aliphatic heterocycles. The Balaban J connectivity index is 2.48. The minimum absolute atomic E-state index is 0.0906. The highest BCUT2D eigenvalue weighted by molar-refractivity contribution is 7.99. The van der Waals surface area contributed by atoms with Crippen LogP contribution in [-0.2, 0) is 23.1 Å². The Morgan fingerprint density at radius 3 is 2.75 bits per heavy atom. The summed E-state index contributed by atoms with van der Waals surface area (Å²) in [6.45, 7) is 3.97. The second kappa shape index (κ2) is 5.86. The molecule has 16 heavy (non-hydrogen) atoms. The van der Waals surface area contributed by atoms with Gasteiger partial charge in [0, 0.05) is 7.05 Å². The molecule has 0 atom stereocenters. The van der Waals surface area contributed by atoms with E-state index in [9.17, 15) is 4.79 Å². The first-order valence-corrected chi connectivity index (χ1v) is 5.93. The van der Waals surface area contributed by atoms with Crippen LogP contribution in [0.25, 0.3) is 0 Å². The van der Waals surface area contributed by atoms with Gasteiger partial charge in [-0.2, -0.15) is 0 Å². The van der Waals surface area contributed by atoms with Crippen molar-refractivity contribution in [3.8, 4) is 0 Å². The van der Waals surface area contributed by atoms with E-state index in [1.54, 1.807) is 4.57 Å². The summed E-state index contributed by atoms with van der Waals surface area (Å²) in [6, 6.07) is 0. The normalized spacial score (nSPS) is 10.8. The van der Waals surface area contributed by atoms with Gasteiger partial charge in [-0.25, -0.2) is 0 Å². The van der Waals surface area contributed by atoms with Gasteiger partial charge in [0.05, 0.1) is 18.4 Å². The first kappa shape index (κ1) is 13.0. The minimum Gasteiger partial charge on any atom is -0.462 e. The lowest BCUT2D eigenvalue weighted by Gasteiger charge is -2.07. The fourth-order valence-corrected chi connectivity index (χ4v) is 1.78. The zero-order chi connectivity index (χ0) is 12.1. The van der Waals surface area contributed by atoms with Crippen molar-refractivity contribution in [1.29, 1.82) is 0 Å². The molecule has 0 spiro atoms. The van der Waals surface area contributed by atoms with Crippen LogP contribution in [-0.4, -0.2) is 32.6 Å². The number of carbonyl (C=O) groups is 1. The van der Waals surface area contributed by atoms with E-state index in [0.717, 1.165) is 0 Å². The average molecular weight is 244 g/mol. The predicted molar refractivity (Wildman–Crippen MR) is 60.8 cm³/mol. The predicted octanol–water partition coefficient (Wildman–Crippen LogP) is 0.318. The van der Waals surface area contributed by atoms with Gasteiger partial charge in [-0.15, -0.1) is 10.2 Å². The minimum atomic E-state index is -0.253. The number of hydrogen-bond acceptors (Lipinski definition) is 6. The van der Waals surface area contributed by atoms with Gasteiger partial charge in [-0.1, -0.05) is 11.8 Å². The highest BCUT2D eigenvalue weighted by Gasteiger charge is 2.11. The van der Waals surface area contributed by atoms with Gasteiger partial charge in [0.1, 0.15) is 5.82 Å². The molecule has 90 valence electrons. The summed E-state index contributed by atoms with van der Waals surface area (Å²) >= 11 is 1.29. The number of nitrogens with two attached hydrogens (primary N) is 1. The molecule has 2 N–H and O–H groups in total. The Morgan fingerprint density at radius 1 is 1.56 bits per heavy atom. The Kier molecular flexibility index (Phi) is 4.75. The largest absolute Gasteiger partial charge is 0.462 e. The monoisotopic (exact) mass is 244 g/mol. The summed E-state index contributed by atoms with van der Waals surface area (Å²) in [7, 11) is 1.82. The molecular weight excluding hydrogens is 228 g/mol. The van der Waals surface area contributed by atoms with Gasteiger partial charge in [0.15, 0.2) is 5.16 Å². The molecule has 0 saturated heterocycles. The third kappa shape index (κ3) is 3.49. The fraction of sp³-hybridized carbons (Fsp3) is 0.667. The van der Waals surface area contributed by atoms with Crippen LogP contribution in [0.1, 0.15) is 19.7 Å². The van der Waals surface area contributed by atoms with Gasteiger partial charge in [-0.3, -0.25) is 4.79 Å². The lowest BCUT2D eigenvalue weighted by molar-refractivity contribution is -0.144. The van der Waals surface area contributed by atoms with Crippen molar-refractivity contribution < 1.29 is 9.53 Å². The maximum Gasteiger partial charge on any atom is 0.316 e. The van der Waals surface area contributed by atoms with Crippen molar-refractivity contribution in [3.63, 3.8) is 0 Å². The Bertz CT molecular complexity index is 364. The summed E-state index contributed by atoms with van der Waals surface area (Å²) in [5, 5.41) is 8.48. The van der Waals surface area contributed by atoms with Crippen molar-refractivity contribution in [2.75, 3.05) is 5.75 Å². The molecule has 6 nitrogen and oxygen atoms in total. The van der Waals surface area contributed by atoms with Gasteiger partial charge >= 0.3 is 5.97 Å². The number of hydrogen-bond donors (Lipinski definition) is 1. The number of rotatable bonds is 5. The topological polar surface area (TPSA) is 83.0 Å². The quantitative estimate of drug-likeness (QED) is 0.593. The molecule has 0 amide bonds. The van der Waals surface area contributed by atoms with E-state index in [0.29, 0.717) is 17.5 Å². The second-order valence-electron chi connectivity index (χ2n) is 3.49. The van der Waals surface area contributed by atoms with Gasteiger partial charge < -0.3 is 15.0 Å². The standard InChI is InChI=1S/C9H16N4O2S/c1-6(2)15-8(14)5-16-9-12-11-7(4-10)13(9)3/h6H,4-5,10H2,1-3H3. The number of thioether (sulfide) groups is 1. The van der Waals surface area contributed by atoms with Crippen LogP contribution in [0.4, 0.5) is 0 Å². The first-order valence-electron chi connectivity index (χ1n) is 4.95. The van der Waals surface area contributed by atoms with E-state index in [4.69, 9.17) is 10.5 Å². The number of esters is 1. The number of carbonyl (C=O) groups excluding carboxylic acids is 1. The summed E-state index contributed by atoms with van der Waals surface area (Å²) in [6.07, 6.45) is -0.0906. The highest BCUT2D eigenvalue weighted by Crippen LogP contribution is 2.15. The average Bonchev–Trinajstić information content (AvgIpc) is 2.55. The molecule has 1 aromatic rings. The second-order valence-corrected chi connectivity index (χ2v) is 4.43. The van der Waals surface area contributed by atoms with Crippen molar-refractivity contribution in [1.82, 2.24) is 14.8 Å². The molecule has 0 fully saturated rings. The van der Waals surface area contributed by atoms with Gasteiger partial charge in [0.2, 0.25) is 0 Å². The van der Waals surface area contributed by atoms with Gasteiger partial charge in [-0.05, 0) is 13.8 Å². The fourth-order valence-electron chi connectivity index (χ4n) is 1.07. The number of ether oxygens (including phenoxy) is 1. The third-order valence-corrected chi connectivity index (χ3v) is 2.79. The summed E-state index contributed by atoms with van der Waals surface area (Å²) in [4.78, 5) is 11.3. The van der Waals surface area contributed by atoms with Crippen LogP contribution in [0.3, 0.4) is 0 Å². The van der Waals surface area contributed by atoms with E-state index in [1.807, 2.05) is 20.9 Å². The molecule has 1 heterocycles. The highest BCUT2D eigenvalue weighted by atomic mass is 32.2. The lowest BCUT2D eigenvalue weighted by atomic mass is 10.5. The van der Waals surface area contributed by atoms with Gasteiger partial charge in [0.25, 0.3) is 0 Å². The van der Waals surface area contributed by atoms with Crippen LogP contribution >= 0.6 is 11.8 Å². The van der Waals surface area contributed by atoms with E-state index < -0.39 is 0 Å². The first-order chi connectivity index (χ1) is 7.54. The van der Waals surface area contributed by atoms with Crippen molar-refractivity contribution in [2.24, 2.45) is 12.8 Å². The smallest absolute Gasteiger partial charge is 0.316 e. The summed E-state index contributed by atoms with van der Waals surface area (Å²) in [5.74, 6) is 0.673. The Labute approximate surface area is 98.6 Å². The molecule has 0 aromatic carbocycles. The zero-order valence-corrected chi connectivity index (χ0v) is 10.5.